The summed E-state index contributed by atoms with van der Waals surface area (Å²) in [5, 5.41) is 4.71. The van der Waals surface area contributed by atoms with E-state index in [1.807, 2.05) is 55.5 Å². The number of nitrogens with one attached hydrogen (secondary N) is 1. The second-order valence-corrected chi connectivity index (χ2v) is 6.92. The van der Waals surface area contributed by atoms with Crippen LogP contribution in [0.15, 0.2) is 71.8 Å². The molecule has 7 heteroatoms. The van der Waals surface area contributed by atoms with E-state index in [0.29, 0.717) is 35.3 Å². The van der Waals surface area contributed by atoms with Gasteiger partial charge in [-0.25, -0.2) is 5.43 Å². The molecule has 0 aliphatic heterocycles. The summed E-state index contributed by atoms with van der Waals surface area (Å²) in [4.78, 5) is 12.3. The van der Waals surface area contributed by atoms with Crippen molar-refractivity contribution < 1.29 is 19.0 Å². The van der Waals surface area contributed by atoms with E-state index >= 15 is 0 Å². The normalized spacial score (nSPS) is 10.7. The van der Waals surface area contributed by atoms with Crippen molar-refractivity contribution in [2.45, 2.75) is 13.5 Å². The molecule has 6 nitrogen and oxygen atoms in total. The van der Waals surface area contributed by atoms with Gasteiger partial charge >= 0.3 is 0 Å². The molecule has 0 aliphatic rings. The largest absolute Gasteiger partial charge is 0.493 e. The fraction of sp³-hybridized carbons (Fsp3) is 0.167. The average molecular weight is 439 g/mol. The molecule has 0 unspecified atom stereocenters. The zero-order valence-corrected chi connectivity index (χ0v) is 18.1. The van der Waals surface area contributed by atoms with E-state index in [2.05, 4.69) is 10.5 Å². The highest BCUT2D eigenvalue weighted by molar-refractivity contribution is 6.30. The van der Waals surface area contributed by atoms with E-state index in [1.54, 1.807) is 31.5 Å². The number of rotatable bonds is 9. The summed E-state index contributed by atoms with van der Waals surface area (Å²) >= 11 is 5.88. The summed E-state index contributed by atoms with van der Waals surface area (Å²) in [6, 6.07) is 19.9. The van der Waals surface area contributed by atoms with Crippen molar-refractivity contribution in [3.05, 3.63) is 88.4 Å². The minimum absolute atomic E-state index is 0.345. The minimum Gasteiger partial charge on any atom is -0.493 e. The van der Waals surface area contributed by atoms with Gasteiger partial charge < -0.3 is 14.2 Å². The maximum absolute atomic E-state index is 12.3. The Morgan fingerprint density at radius 3 is 2.42 bits per heavy atom. The molecule has 0 spiro atoms. The summed E-state index contributed by atoms with van der Waals surface area (Å²) in [5.74, 6) is 1.47. The lowest BCUT2D eigenvalue weighted by atomic mass is 10.2. The maximum Gasteiger partial charge on any atom is 0.271 e. The van der Waals surface area contributed by atoms with Gasteiger partial charge in [-0.2, -0.15) is 5.10 Å². The number of halogens is 1. The first-order valence-electron chi connectivity index (χ1n) is 9.70. The van der Waals surface area contributed by atoms with Crippen LogP contribution in [0.5, 0.6) is 17.2 Å². The van der Waals surface area contributed by atoms with Gasteiger partial charge in [-0.05, 0) is 72.6 Å². The SMILES string of the molecule is CCOc1cc(C(=O)N/N=C/c2ccc(OCc3ccc(Cl)cc3)cc2)ccc1OC. The number of ether oxygens (including phenoxy) is 3. The molecule has 1 N–H and O–H groups in total. The van der Waals surface area contributed by atoms with Crippen LogP contribution in [0.1, 0.15) is 28.4 Å². The molecule has 0 saturated carbocycles. The van der Waals surface area contributed by atoms with Crippen molar-refractivity contribution in [1.29, 1.82) is 0 Å². The summed E-state index contributed by atoms with van der Waals surface area (Å²) < 4.78 is 16.5. The van der Waals surface area contributed by atoms with Gasteiger partial charge in [0, 0.05) is 10.6 Å². The topological polar surface area (TPSA) is 69.2 Å². The number of amides is 1. The predicted molar refractivity (Wildman–Crippen MR) is 121 cm³/mol. The number of carbonyl (C=O) groups excluding carboxylic acids is 1. The van der Waals surface area contributed by atoms with Gasteiger partial charge in [0.05, 0.1) is 19.9 Å². The standard InChI is InChI=1S/C24H23ClN2O4/c1-3-30-23-14-19(8-13-22(23)29-2)24(28)27-26-15-17-6-11-21(12-7-17)31-16-18-4-9-20(25)10-5-18/h4-15H,3,16H2,1-2H3,(H,27,28)/b26-15+. The lowest BCUT2D eigenvalue weighted by Gasteiger charge is -2.10. The first-order valence-corrected chi connectivity index (χ1v) is 10.1. The van der Waals surface area contributed by atoms with Crippen LogP contribution in [-0.4, -0.2) is 25.8 Å². The molecule has 0 aliphatic carbocycles. The zero-order valence-electron chi connectivity index (χ0n) is 17.3. The van der Waals surface area contributed by atoms with Crippen LogP contribution >= 0.6 is 11.6 Å². The molecule has 0 atom stereocenters. The van der Waals surface area contributed by atoms with Crippen LogP contribution in [0, 0.1) is 0 Å². The Bertz CT molecular complexity index is 1030. The van der Waals surface area contributed by atoms with Crippen LogP contribution < -0.4 is 19.6 Å². The van der Waals surface area contributed by atoms with Crippen LogP contribution in [0.4, 0.5) is 0 Å². The Balaban J connectivity index is 1.54. The van der Waals surface area contributed by atoms with Crippen molar-refractivity contribution in [3.8, 4) is 17.2 Å². The summed E-state index contributed by atoms with van der Waals surface area (Å²) in [6.07, 6.45) is 1.56. The third-order valence-electron chi connectivity index (χ3n) is 4.30. The molecule has 3 aromatic rings. The van der Waals surface area contributed by atoms with Gasteiger partial charge in [-0.15, -0.1) is 0 Å². The number of nitrogens with zero attached hydrogens (tertiary/aromatic N) is 1. The number of hydrogen-bond donors (Lipinski definition) is 1. The van der Waals surface area contributed by atoms with E-state index in [4.69, 9.17) is 25.8 Å². The lowest BCUT2D eigenvalue weighted by Crippen LogP contribution is -2.17. The van der Waals surface area contributed by atoms with Crippen LogP contribution in [-0.2, 0) is 6.61 Å². The second kappa shape index (κ2) is 11.0. The highest BCUT2D eigenvalue weighted by Crippen LogP contribution is 2.28. The molecule has 0 radical (unpaired) electrons. The monoisotopic (exact) mass is 438 g/mol. The molecule has 3 rings (SSSR count). The first-order chi connectivity index (χ1) is 15.1. The third-order valence-corrected chi connectivity index (χ3v) is 4.56. The molecule has 0 fully saturated rings. The molecule has 31 heavy (non-hydrogen) atoms. The molecule has 0 aromatic heterocycles. The first kappa shape index (κ1) is 22.2. The van der Waals surface area contributed by atoms with Gasteiger partial charge in [0.2, 0.25) is 0 Å². The van der Waals surface area contributed by atoms with Gasteiger partial charge in [0.15, 0.2) is 11.5 Å². The van der Waals surface area contributed by atoms with Crippen LogP contribution in [0.2, 0.25) is 5.02 Å². The fourth-order valence-corrected chi connectivity index (χ4v) is 2.84. The van der Waals surface area contributed by atoms with Gasteiger partial charge in [0.25, 0.3) is 5.91 Å². The van der Waals surface area contributed by atoms with Crippen molar-refractivity contribution in [3.63, 3.8) is 0 Å². The summed E-state index contributed by atoms with van der Waals surface area (Å²) in [7, 11) is 1.55. The van der Waals surface area contributed by atoms with Gasteiger partial charge in [-0.3, -0.25) is 4.79 Å². The number of carbonyl (C=O) groups is 1. The minimum atomic E-state index is -0.345. The molecule has 0 heterocycles. The average Bonchev–Trinajstić information content (AvgIpc) is 2.79. The molecule has 1 amide bonds. The van der Waals surface area contributed by atoms with Crippen molar-refractivity contribution in [1.82, 2.24) is 5.43 Å². The van der Waals surface area contributed by atoms with E-state index in [-0.39, 0.29) is 5.91 Å². The number of hydrogen-bond acceptors (Lipinski definition) is 5. The molecular formula is C24H23ClN2O4. The Hall–Kier alpha value is -3.51. The Morgan fingerprint density at radius 1 is 1.00 bits per heavy atom. The molecule has 0 saturated heterocycles. The predicted octanol–water partition coefficient (Wildman–Crippen LogP) is 5.09. The van der Waals surface area contributed by atoms with Gasteiger partial charge in [0.1, 0.15) is 12.4 Å². The van der Waals surface area contributed by atoms with E-state index in [1.165, 1.54) is 0 Å². The molecular weight excluding hydrogens is 416 g/mol. The van der Waals surface area contributed by atoms with Crippen molar-refractivity contribution in [2.75, 3.05) is 13.7 Å². The summed E-state index contributed by atoms with van der Waals surface area (Å²) in [6.45, 7) is 2.79. The Labute approximate surface area is 186 Å². The Kier molecular flexibility index (Phi) is 7.90. The number of hydrazone groups is 1. The number of benzene rings is 3. The van der Waals surface area contributed by atoms with Crippen molar-refractivity contribution >= 4 is 23.7 Å². The third kappa shape index (κ3) is 6.49. The Morgan fingerprint density at radius 2 is 1.74 bits per heavy atom. The lowest BCUT2D eigenvalue weighted by molar-refractivity contribution is 0.0954. The maximum atomic E-state index is 12.3. The summed E-state index contributed by atoms with van der Waals surface area (Å²) in [5.41, 5.74) is 4.79. The van der Waals surface area contributed by atoms with Gasteiger partial charge in [-0.1, -0.05) is 23.7 Å². The molecule has 3 aromatic carbocycles. The smallest absolute Gasteiger partial charge is 0.271 e. The number of methoxy groups -OCH3 is 1. The fourth-order valence-electron chi connectivity index (χ4n) is 2.71. The second-order valence-electron chi connectivity index (χ2n) is 6.48. The van der Waals surface area contributed by atoms with E-state index < -0.39 is 0 Å². The van der Waals surface area contributed by atoms with Crippen LogP contribution in [0.3, 0.4) is 0 Å². The molecule has 0 bridgehead atoms. The molecule has 160 valence electrons. The highest BCUT2D eigenvalue weighted by Gasteiger charge is 2.10. The highest BCUT2D eigenvalue weighted by atomic mass is 35.5. The van der Waals surface area contributed by atoms with Crippen LogP contribution in [0.25, 0.3) is 0 Å². The van der Waals surface area contributed by atoms with E-state index in [0.717, 1.165) is 16.9 Å². The quantitative estimate of drug-likeness (QED) is 0.373. The zero-order chi connectivity index (χ0) is 22.1. The van der Waals surface area contributed by atoms with Crippen molar-refractivity contribution in [2.24, 2.45) is 5.10 Å². The van der Waals surface area contributed by atoms with E-state index in [9.17, 15) is 4.79 Å².